The van der Waals surface area contributed by atoms with E-state index in [0.717, 1.165) is 11.1 Å². The summed E-state index contributed by atoms with van der Waals surface area (Å²) < 4.78 is 32.6. The zero-order valence-electron chi connectivity index (χ0n) is 19.2. The molecular weight excluding hydrogens is 466 g/mol. The lowest BCUT2D eigenvalue weighted by Crippen LogP contribution is -2.16. The van der Waals surface area contributed by atoms with E-state index < -0.39 is 10.0 Å². The van der Waals surface area contributed by atoms with Crippen LogP contribution in [-0.2, 0) is 10.0 Å². The van der Waals surface area contributed by atoms with E-state index in [4.69, 9.17) is 4.52 Å². The Morgan fingerprint density at radius 3 is 2.23 bits per heavy atom. The number of nitrogens with one attached hydrogen (secondary N) is 2. The van der Waals surface area contributed by atoms with Crippen LogP contribution in [0.4, 0.5) is 11.5 Å². The number of sulfonamides is 1. The van der Waals surface area contributed by atoms with Gasteiger partial charge in [0.1, 0.15) is 11.5 Å². The molecule has 9 heteroatoms. The lowest BCUT2D eigenvalue weighted by molar-refractivity contribution is 0.0976. The van der Waals surface area contributed by atoms with Gasteiger partial charge in [-0.05, 0) is 67.9 Å². The Hall–Kier alpha value is -4.11. The maximum Gasteiger partial charge on any atom is 0.263 e. The zero-order chi connectivity index (χ0) is 25.0. The summed E-state index contributed by atoms with van der Waals surface area (Å²) in [6.45, 7) is 3.66. The smallest absolute Gasteiger partial charge is 0.263 e. The number of carbonyl (C=O) groups is 1. The summed E-state index contributed by atoms with van der Waals surface area (Å²) in [5.74, 6) is 0.607. The Bertz CT molecular complexity index is 1410. The Morgan fingerprint density at radius 1 is 0.971 bits per heavy atom. The molecule has 4 rings (SSSR count). The molecule has 0 bridgehead atoms. The Morgan fingerprint density at radius 2 is 1.63 bits per heavy atom. The summed E-state index contributed by atoms with van der Waals surface area (Å²) in [6, 6.07) is 21.4. The van der Waals surface area contributed by atoms with E-state index in [1.165, 1.54) is 30.3 Å². The minimum Gasteiger partial charge on any atom is -0.508 e. The van der Waals surface area contributed by atoms with Gasteiger partial charge < -0.3 is 14.9 Å². The molecule has 8 nitrogen and oxygen atoms in total. The number of nitrogens with zero attached hydrogens (tertiary/aromatic N) is 1. The molecule has 0 aliphatic heterocycles. The molecule has 1 atom stereocenters. The molecule has 180 valence electrons. The van der Waals surface area contributed by atoms with Crippen molar-refractivity contribution in [1.82, 2.24) is 5.16 Å². The van der Waals surface area contributed by atoms with E-state index in [1.54, 1.807) is 31.2 Å². The van der Waals surface area contributed by atoms with E-state index in [-0.39, 0.29) is 34.7 Å². The SMILES string of the molecule is Cc1ccc(C(CC(=O)c2ccc(O)cc2)Nc2ccc(S(=O)(=O)Nc3cc(C)on3)cc2)cc1. The number of aromatic nitrogens is 1. The van der Waals surface area contributed by atoms with Gasteiger partial charge >= 0.3 is 0 Å². The Balaban J connectivity index is 1.53. The van der Waals surface area contributed by atoms with Crippen molar-refractivity contribution in [1.29, 1.82) is 0 Å². The molecule has 0 saturated heterocycles. The second kappa shape index (κ2) is 10.0. The van der Waals surface area contributed by atoms with Gasteiger partial charge in [0.25, 0.3) is 10.0 Å². The summed E-state index contributed by atoms with van der Waals surface area (Å²) in [4.78, 5) is 13.0. The standard InChI is InChI=1S/C26H25N3O5S/c1-17-3-5-19(6-4-17)24(16-25(31)20-7-11-22(30)12-8-20)27-21-9-13-23(14-10-21)35(32,33)29-26-15-18(2)34-28-26/h3-15,24,27,30H,16H2,1-2H3,(H,28,29). The molecule has 1 unspecified atom stereocenters. The first kappa shape index (κ1) is 24.0. The molecule has 4 aromatic rings. The monoisotopic (exact) mass is 491 g/mol. The molecule has 0 saturated carbocycles. The molecule has 3 aromatic carbocycles. The molecule has 1 aromatic heterocycles. The number of aryl methyl sites for hydroxylation is 2. The number of Topliss-reactive ketones (excluding diaryl/α,β-unsaturated/α-hetero) is 1. The molecule has 3 N–H and O–H groups in total. The molecule has 35 heavy (non-hydrogen) atoms. The van der Waals surface area contributed by atoms with Crippen molar-refractivity contribution in [3.63, 3.8) is 0 Å². The number of ketones is 1. The number of anilines is 2. The van der Waals surface area contributed by atoms with Crippen molar-refractivity contribution in [3.05, 3.63) is 101 Å². The van der Waals surface area contributed by atoms with Gasteiger partial charge in [0.05, 0.1) is 10.9 Å². The number of carbonyl (C=O) groups excluding carboxylic acids is 1. The molecule has 0 amide bonds. The van der Waals surface area contributed by atoms with E-state index in [2.05, 4.69) is 15.2 Å². The van der Waals surface area contributed by atoms with E-state index in [9.17, 15) is 18.3 Å². The van der Waals surface area contributed by atoms with Crippen LogP contribution in [0.1, 0.15) is 39.7 Å². The number of rotatable bonds is 9. The van der Waals surface area contributed by atoms with E-state index >= 15 is 0 Å². The molecule has 0 aliphatic rings. The third-order valence-electron chi connectivity index (χ3n) is 5.43. The van der Waals surface area contributed by atoms with Gasteiger partial charge in [-0.2, -0.15) is 0 Å². The number of hydrogen-bond acceptors (Lipinski definition) is 7. The first-order valence-electron chi connectivity index (χ1n) is 10.9. The average molecular weight is 492 g/mol. The third kappa shape index (κ3) is 6.07. The number of phenols is 1. The highest BCUT2D eigenvalue weighted by molar-refractivity contribution is 7.92. The van der Waals surface area contributed by atoms with Gasteiger partial charge in [0.2, 0.25) is 0 Å². The van der Waals surface area contributed by atoms with Gasteiger partial charge in [-0.25, -0.2) is 8.42 Å². The molecule has 1 heterocycles. The summed E-state index contributed by atoms with van der Waals surface area (Å²) >= 11 is 0. The largest absolute Gasteiger partial charge is 0.508 e. The topological polar surface area (TPSA) is 122 Å². The number of phenolic OH excluding ortho intramolecular Hbond substituents is 1. The summed E-state index contributed by atoms with van der Waals surface area (Å²) in [5.41, 5.74) is 3.17. The fraction of sp³-hybridized carbons (Fsp3) is 0.154. The third-order valence-corrected chi connectivity index (χ3v) is 6.80. The normalized spacial score (nSPS) is 12.2. The van der Waals surface area contributed by atoms with Crippen molar-refractivity contribution in [2.75, 3.05) is 10.0 Å². The van der Waals surface area contributed by atoms with Crippen LogP contribution in [-0.4, -0.2) is 24.5 Å². The summed E-state index contributed by atoms with van der Waals surface area (Å²) in [5, 5.41) is 16.5. The van der Waals surface area contributed by atoms with Crippen molar-refractivity contribution in [3.8, 4) is 5.75 Å². The molecule has 0 fully saturated rings. The quantitative estimate of drug-likeness (QED) is 0.274. The molecular formula is C26H25N3O5S. The van der Waals surface area contributed by atoms with Gasteiger partial charge in [-0.1, -0.05) is 35.0 Å². The average Bonchev–Trinajstić information content (AvgIpc) is 3.23. The second-order valence-electron chi connectivity index (χ2n) is 8.23. The second-order valence-corrected chi connectivity index (χ2v) is 9.92. The van der Waals surface area contributed by atoms with Crippen molar-refractivity contribution in [2.24, 2.45) is 0 Å². The van der Waals surface area contributed by atoms with E-state index in [0.29, 0.717) is 17.0 Å². The summed E-state index contributed by atoms with van der Waals surface area (Å²) in [7, 11) is -3.84. The number of hydrogen-bond donors (Lipinski definition) is 3. The minimum atomic E-state index is -3.84. The van der Waals surface area contributed by atoms with Crippen LogP contribution < -0.4 is 10.0 Å². The highest BCUT2D eigenvalue weighted by Gasteiger charge is 2.19. The first-order valence-corrected chi connectivity index (χ1v) is 12.4. The lowest BCUT2D eigenvalue weighted by Gasteiger charge is -2.20. The maximum atomic E-state index is 12.9. The van der Waals surface area contributed by atoms with Crippen LogP contribution in [0.3, 0.4) is 0 Å². The van der Waals surface area contributed by atoms with Crippen LogP contribution in [0.2, 0.25) is 0 Å². The predicted octanol–water partition coefficient (Wildman–Crippen LogP) is 5.22. The van der Waals surface area contributed by atoms with Crippen LogP contribution in [0, 0.1) is 13.8 Å². The Kier molecular flexibility index (Phi) is 6.88. The highest BCUT2D eigenvalue weighted by Crippen LogP contribution is 2.27. The lowest BCUT2D eigenvalue weighted by atomic mass is 9.97. The van der Waals surface area contributed by atoms with Crippen LogP contribution in [0.25, 0.3) is 0 Å². The molecule has 0 spiro atoms. The number of aromatic hydroxyl groups is 1. The highest BCUT2D eigenvalue weighted by atomic mass is 32.2. The predicted molar refractivity (Wildman–Crippen MR) is 133 cm³/mol. The van der Waals surface area contributed by atoms with Gasteiger partial charge in [0, 0.05) is 23.7 Å². The van der Waals surface area contributed by atoms with Crippen molar-refractivity contribution < 1.29 is 22.8 Å². The van der Waals surface area contributed by atoms with Crippen molar-refractivity contribution >= 4 is 27.3 Å². The number of benzene rings is 3. The minimum absolute atomic E-state index is 0.0655. The molecule has 0 aliphatic carbocycles. The maximum absolute atomic E-state index is 12.9. The first-order chi connectivity index (χ1) is 16.7. The van der Waals surface area contributed by atoms with Gasteiger partial charge in [-0.15, -0.1) is 0 Å². The zero-order valence-corrected chi connectivity index (χ0v) is 20.0. The summed E-state index contributed by atoms with van der Waals surface area (Å²) in [6.07, 6.45) is 0.168. The van der Waals surface area contributed by atoms with Crippen LogP contribution in [0.5, 0.6) is 5.75 Å². The fourth-order valence-electron chi connectivity index (χ4n) is 3.54. The van der Waals surface area contributed by atoms with E-state index in [1.807, 2.05) is 31.2 Å². The van der Waals surface area contributed by atoms with Crippen LogP contribution >= 0.6 is 0 Å². The van der Waals surface area contributed by atoms with Gasteiger partial charge in [-0.3, -0.25) is 9.52 Å². The fourth-order valence-corrected chi connectivity index (χ4v) is 4.53. The van der Waals surface area contributed by atoms with Crippen LogP contribution in [0.15, 0.2) is 88.3 Å². The molecule has 0 radical (unpaired) electrons. The van der Waals surface area contributed by atoms with Gasteiger partial charge in [0.15, 0.2) is 11.6 Å². The Labute approximate surface area is 203 Å². The van der Waals surface area contributed by atoms with Crippen molar-refractivity contribution in [2.45, 2.75) is 31.2 Å².